The second-order valence-corrected chi connectivity index (χ2v) is 6.35. The molecule has 6 heteroatoms. The summed E-state index contributed by atoms with van der Waals surface area (Å²) >= 11 is 0. The highest BCUT2D eigenvalue weighted by Crippen LogP contribution is 2.21. The first-order valence-corrected chi connectivity index (χ1v) is 8.62. The summed E-state index contributed by atoms with van der Waals surface area (Å²) in [6.45, 7) is 1.75. The first-order valence-electron chi connectivity index (χ1n) is 8.62. The van der Waals surface area contributed by atoms with E-state index in [1.807, 2.05) is 42.5 Å². The third-order valence-corrected chi connectivity index (χ3v) is 4.43. The monoisotopic (exact) mass is 376 g/mol. The first kappa shape index (κ1) is 20.2. The molecule has 2 aromatic rings. The van der Waals surface area contributed by atoms with Gasteiger partial charge >= 0.3 is 0 Å². The van der Waals surface area contributed by atoms with Crippen molar-refractivity contribution in [3.05, 3.63) is 65.7 Å². The molecule has 2 atom stereocenters. The third kappa shape index (κ3) is 5.73. The van der Waals surface area contributed by atoms with E-state index in [0.717, 1.165) is 24.3 Å². The van der Waals surface area contributed by atoms with Gasteiger partial charge in [-0.05, 0) is 17.2 Å². The van der Waals surface area contributed by atoms with Crippen molar-refractivity contribution < 1.29 is 14.6 Å². The third-order valence-electron chi connectivity index (χ3n) is 4.43. The van der Waals surface area contributed by atoms with E-state index in [4.69, 9.17) is 4.74 Å². The van der Waals surface area contributed by atoms with Gasteiger partial charge in [0.25, 0.3) is 5.91 Å². The molecule has 1 aliphatic heterocycles. The van der Waals surface area contributed by atoms with Crippen LogP contribution in [0.5, 0.6) is 5.75 Å². The van der Waals surface area contributed by atoms with Gasteiger partial charge in [0.2, 0.25) is 0 Å². The number of rotatable bonds is 7. The van der Waals surface area contributed by atoms with Crippen LogP contribution in [0.3, 0.4) is 0 Å². The Hall–Kier alpha value is -2.08. The predicted octanol–water partition coefficient (Wildman–Crippen LogP) is 1.77. The number of nitrogens with one attached hydrogen (secondary N) is 2. The number of amides is 1. The lowest BCUT2D eigenvalue weighted by Crippen LogP contribution is -2.36. The minimum absolute atomic E-state index is 0. The molecule has 2 unspecified atom stereocenters. The molecule has 5 nitrogen and oxygen atoms in total. The van der Waals surface area contributed by atoms with Gasteiger partial charge in [0.1, 0.15) is 5.75 Å². The number of hydrogen-bond donors (Lipinski definition) is 3. The predicted molar refractivity (Wildman–Crippen MR) is 104 cm³/mol. The summed E-state index contributed by atoms with van der Waals surface area (Å²) < 4.78 is 5.72. The van der Waals surface area contributed by atoms with Gasteiger partial charge in [-0.2, -0.15) is 0 Å². The fraction of sp³-hybridized carbons (Fsp3) is 0.350. The first-order chi connectivity index (χ1) is 12.2. The molecule has 1 saturated heterocycles. The number of ether oxygens (including phenoxy) is 1. The molecule has 26 heavy (non-hydrogen) atoms. The maximum absolute atomic E-state index is 12.0. The summed E-state index contributed by atoms with van der Waals surface area (Å²) in [4.78, 5) is 12.0. The van der Waals surface area contributed by atoms with Crippen LogP contribution in [0.15, 0.2) is 54.6 Å². The van der Waals surface area contributed by atoms with Crippen LogP contribution in [0.2, 0.25) is 0 Å². The van der Waals surface area contributed by atoms with Crippen LogP contribution in [-0.4, -0.2) is 43.4 Å². The van der Waals surface area contributed by atoms with Crippen LogP contribution in [0.1, 0.15) is 11.1 Å². The van der Waals surface area contributed by atoms with E-state index in [2.05, 4.69) is 22.8 Å². The Morgan fingerprint density at radius 3 is 2.58 bits per heavy atom. The Bertz CT molecular complexity index is 696. The Balaban J connectivity index is 0.00000243. The number of carbonyl (C=O) groups is 1. The summed E-state index contributed by atoms with van der Waals surface area (Å²) in [5.74, 6) is 0.618. The normalized spacial score (nSPS) is 18.8. The fourth-order valence-electron chi connectivity index (χ4n) is 2.97. The molecule has 0 radical (unpaired) electrons. The minimum atomic E-state index is -0.396. The van der Waals surface area contributed by atoms with Crippen molar-refractivity contribution in [2.45, 2.75) is 12.5 Å². The lowest BCUT2D eigenvalue weighted by Gasteiger charge is -2.15. The van der Waals surface area contributed by atoms with Crippen LogP contribution >= 0.6 is 12.4 Å². The molecule has 2 aromatic carbocycles. The van der Waals surface area contributed by atoms with Crippen molar-refractivity contribution in [2.24, 2.45) is 5.92 Å². The molecule has 3 N–H and O–H groups in total. The maximum atomic E-state index is 12.0. The highest BCUT2D eigenvalue weighted by molar-refractivity contribution is 5.85. The van der Waals surface area contributed by atoms with Gasteiger partial charge in [-0.15, -0.1) is 12.4 Å². The summed E-state index contributed by atoms with van der Waals surface area (Å²) in [7, 11) is 0. The van der Waals surface area contributed by atoms with E-state index >= 15 is 0 Å². The molecule has 0 aromatic heterocycles. The topological polar surface area (TPSA) is 70.6 Å². The number of hydrogen-bond acceptors (Lipinski definition) is 4. The fourth-order valence-corrected chi connectivity index (χ4v) is 2.97. The summed E-state index contributed by atoms with van der Waals surface area (Å²) in [6, 6.07) is 17.9. The van der Waals surface area contributed by atoms with Crippen LogP contribution in [0.4, 0.5) is 0 Å². The van der Waals surface area contributed by atoms with E-state index in [9.17, 15) is 9.90 Å². The molecular weight excluding hydrogens is 352 g/mol. The van der Waals surface area contributed by atoms with Gasteiger partial charge in [0.05, 0.1) is 6.10 Å². The SMILES string of the molecule is Cl.O=C(COc1ccccc1Cc1ccccc1)NCC1CNCC1O. The minimum Gasteiger partial charge on any atom is -0.483 e. The molecule has 140 valence electrons. The van der Waals surface area contributed by atoms with E-state index in [1.54, 1.807) is 0 Å². The molecule has 3 rings (SSSR count). The largest absolute Gasteiger partial charge is 0.483 e. The standard InChI is InChI=1S/C20H24N2O3.ClH/c23-18-13-21-11-17(18)12-22-20(24)14-25-19-9-5-4-8-16(19)10-15-6-2-1-3-7-15;/h1-9,17-18,21,23H,10-14H2,(H,22,24);1H. The molecule has 0 bridgehead atoms. The number of halogens is 1. The molecule has 1 heterocycles. The molecule has 0 spiro atoms. The van der Waals surface area contributed by atoms with Crippen molar-refractivity contribution in [1.82, 2.24) is 10.6 Å². The van der Waals surface area contributed by atoms with Gasteiger partial charge in [-0.25, -0.2) is 0 Å². The number of aliphatic hydroxyl groups is 1. The Morgan fingerprint density at radius 2 is 1.85 bits per heavy atom. The van der Waals surface area contributed by atoms with Gasteiger partial charge in [0.15, 0.2) is 6.61 Å². The smallest absolute Gasteiger partial charge is 0.257 e. The highest BCUT2D eigenvalue weighted by Gasteiger charge is 2.25. The van der Waals surface area contributed by atoms with Crippen molar-refractivity contribution in [1.29, 1.82) is 0 Å². The number of benzene rings is 2. The summed E-state index contributed by atoms with van der Waals surface area (Å²) in [5, 5.41) is 15.7. The summed E-state index contributed by atoms with van der Waals surface area (Å²) in [6.07, 6.45) is 0.367. The Labute approximate surface area is 160 Å². The zero-order chi connectivity index (χ0) is 17.5. The Morgan fingerprint density at radius 1 is 1.12 bits per heavy atom. The number of aliphatic hydroxyl groups excluding tert-OH is 1. The molecule has 1 fully saturated rings. The van der Waals surface area contributed by atoms with Crippen molar-refractivity contribution in [3.63, 3.8) is 0 Å². The number of para-hydroxylation sites is 1. The zero-order valence-corrected chi connectivity index (χ0v) is 15.4. The molecule has 0 aliphatic carbocycles. The van der Waals surface area contributed by atoms with Gasteiger partial charge in [-0.1, -0.05) is 48.5 Å². The molecular formula is C20H25ClN2O3. The van der Waals surface area contributed by atoms with E-state index < -0.39 is 6.10 Å². The second-order valence-electron chi connectivity index (χ2n) is 6.35. The van der Waals surface area contributed by atoms with Crippen LogP contribution in [0, 0.1) is 5.92 Å². The van der Waals surface area contributed by atoms with Crippen molar-refractivity contribution in [2.75, 3.05) is 26.2 Å². The average molecular weight is 377 g/mol. The zero-order valence-electron chi connectivity index (χ0n) is 14.6. The van der Waals surface area contributed by atoms with Gasteiger partial charge < -0.3 is 20.5 Å². The molecule has 1 amide bonds. The lowest BCUT2D eigenvalue weighted by molar-refractivity contribution is -0.123. The van der Waals surface area contributed by atoms with Crippen molar-refractivity contribution >= 4 is 18.3 Å². The van der Waals surface area contributed by atoms with E-state index in [0.29, 0.717) is 13.1 Å². The second kappa shape index (κ2) is 10.2. The highest BCUT2D eigenvalue weighted by atomic mass is 35.5. The van der Waals surface area contributed by atoms with Crippen LogP contribution < -0.4 is 15.4 Å². The number of carbonyl (C=O) groups excluding carboxylic acids is 1. The Kier molecular flexibility index (Phi) is 7.91. The van der Waals surface area contributed by atoms with Gasteiger partial charge in [0, 0.05) is 32.0 Å². The molecule has 0 saturated carbocycles. The van der Waals surface area contributed by atoms with E-state index in [-0.39, 0.29) is 30.8 Å². The molecule has 1 aliphatic rings. The van der Waals surface area contributed by atoms with Crippen LogP contribution in [0.25, 0.3) is 0 Å². The van der Waals surface area contributed by atoms with Crippen molar-refractivity contribution in [3.8, 4) is 5.75 Å². The number of β-amino-alcohol motifs (C(OH)–C–C–N with tert-alkyl or cyclic N) is 1. The average Bonchev–Trinajstić information content (AvgIpc) is 3.05. The maximum Gasteiger partial charge on any atom is 0.257 e. The lowest BCUT2D eigenvalue weighted by atomic mass is 10.0. The van der Waals surface area contributed by atoms with Gasteiger partial charge in [-0.3, -0.25) is 4.79 Å². The van der Waals surface area contributed by atoms with E-state index in [1.165, 1.54) is 5.56 Å². The quantitative estimate of drug-likeness (QED) is 0.689. The van der Waals surface area contributed by atoms with Crippen LogP contribution in [-0.2, 0) is 11.2 Å². The summed E-state index contributed by atoms with van der Waals surface area (Å²) in [5.41, 5.74) is 2.25.